The first kappa shape index (κ1) is 90.1. The molecule has 0 radical (unpaired) electrons. The van der Waals surface area contributed by atoms with Gasteiger partial charge >= 0.3 is 39.5 Å². The average Bonchev–Trinajstić information content (AvgIpc) is 3.57. The molecule has 3 N–H and O–H groups in total. The Morgan fingerprint density at radius 3 is 0.826 bits per heavy atom. The van der Waals surface area contributed by atoms with Crippen LogP contribution in [-0.2, 0) is 65.4 Å². The van der Waals surface area contributed by atoms with Crippen LogP contribution in [0.1, 0.15) is 375 Å². The fourth-order valence-corrected chi connectivity index (χ4v) is 12.7. The highest BCUT2D eigenvalue weighted by atomic mass is 31.2. The number of ether oxygens (including phenoxy) is 4. The van der Waals surface area contributed by atoms with Gasteiger partial charge in [-0.1, -0.05) is 324 Å². The molecule has 92 heavy (non-hydrogen) atoms. The largest absolute Gasteiger partial charge is 0.472 e. The third kappa shape index (κ3) is 65.4. The predicted octanol–water partition coefficient (Wildman–Crippen LogP) is 21.2. The number of phosphoric acid groups is 2. The fraction of sp³-hybridized carbons (Fsp3) is 0.945. The molecule has 0 fully saturated rings. The second-order valence-electron chi connectivity index (χ2n) is 27.1. The summed E-state index contributed by atoms with van der Waals surface area (Å²) in [7, 11) is -9.90. The monoisotopic (exact) mass is 1350 g/mol. The Hall–Kier alpha value is -1.94. The maximum absolute atomic E-state index is 13.1. The minimum Gasteiger partial charge on any atom is -0.462 e. The van der Waals surface area contributed by atoms with E-state index in [4.69, 9.17) is 37.0 Å². The number of aliphatic hydroxyl groups excluding tert-OH is 1. The molecule has 0 aromatic rings. The molecule has 0 aromatic carbocycles. The average molecular weight is 1350 g/mol. The SMILES string of the molecule is CCCCCCCCCCCCCCCCC(=O)OC[C@H](COP(=O)(O)OC[C@@H](O)COP(=O)(O)OC[C@@H](COC(=O)CCCCCCCCC)OC(=O)CCCCCCCCCCC(C)CC)OC(=O)CCCCCCCCCCCCCCCCCCC(C)C. The molecule has 0 rings (SSSR count). The molecular weight excluding hydrogens is 1210 g/mol. The Bertz CT molecular complexity index is 1790. The van der Waals surface area contributed by atoms with E-state index in [0.29, 0.717) is 25.7 Å². The predicted molar refractivity (Wildman–Crippen MR) is 372 cm³/mol. The zero-order valence-electron chi connectivity index (χ0n) is 59.9. The molecule has 0 amide bonds. The van der Waals surface area contributed by atoms with Gasteiger partial charge in [0.2, 0.25) is 0 Å². The lowest BCUT2D eigenvalue weighted by molar-refractivity contribution is -0.161. The van der Waals surface area contributed by atoms with Gasteiger partial charge in [-0.3, -0.25) is 37.3 Å². The van der Waals surface area contributed by atoms with Crippen LogP contribution in [-0.4, -0.2) is 96.7 Å². The first-order valence-electron chi connectivity index (χ1n) is 38.0. The molecule has 17 nitrogen and oxygen atoms in total. The second-order valence-corrected chi connectivity index (χ2v) is 30.0. The van der Waals surface area contributed by atoms with Gasteiger partial charge in [0.25, 0.3) is 0 Å². The summed E-state index contributed by atoms with van der Waals surface area (Å²) in [4.78, 5) is 72.5. The summed E-state index contributed by atoms with van der Waals surface area (Å²) >= 11 is 0. The number of hydrogen-bond donors (Lipinski definition) is 3. The van der Waals surface area contributed by atoms with Gasteiger partial charge in [0.1, 0.15) is 19.3 Å². The van der Waals surface area contributed by atoms with Crippen molar-refractivity contribution in [2.75, 3.05) is 39.6 Å². The Balaban J connectivity index is 5.19. The molecule has 0 saturated carbocycles. The van der Waals surface area contributed by atoms with Crippen LogP contribution >= 0.6 is 15.6 Å². The van der Waals surface area contributed by atoms with Crippen LogP contribution in [0.15, 0.2) is 0 Å². The van der Waals surface area contributed by atoms with E-state index in [9.17, 15) is 43.2 Å². The van der Waals surface area contributed by atoms with Gasteiger partial charge in [-0.25, -0.2) is 9.13 Å². The summed E-state index contributed by atoms with van der Waals surface area (Å²) in [5.74, 6) is -0.545. The maximum atomic E-state index is 13.1. The highest BCUT2D eigenvalue weighted by molar-refractivity contribution is 7.47. The molecule has 0 aromatic heterocycles. The Morgan fingerprint density at radius 2 is 0.554 bits per heavy atom. The minimum atomic E-state index is -4.95. The molecule has 0 aliphatic rings. The molecule has 0 spiro atoms. The lowest BCUT2D eigenvalue weighted by Gasteiger charge is -2.21. The van der Waals surface area contributed by atoms with Crippen molar-refractivity contribution in [3.63, 3.8) is 0 Å². The molecule has 0 heterocycles. The lowest BCUT2D eigenvalue weighted by atomic mass is 9.99. The summed E-state index contributed by atoms with van der Waals surface area (Å²) in [5.41, 5.74) is 0. The van der Waals surface area contributed by atoms with Gasteiger partial charge in [-0.2, -0.15) is 0 Å². The molecule has 0 aliphatic carbocycles. The summed E-state index contributed by atoms with van der Waals surface area (Å²) < 4.78 is 68.3. The normalized spacial score (nSPS) is 14.4. The first-order valence-corrected chi connectivity index (χ1v) is 41.0. The zero-order chi connectivity index (χ0) is 67.9. The molecule has 3 unspecified atom stereocenters. The number of unbranched alkanes of at least 4 members (excludes halogenated alkanes) is 41. The van der Waals surface area contributed by atoms with E-state index in [-0.39, 0.29) is 25.7 Å². The smallest absolute Gasteiger partial charge is 0.462 e. The number of carbonyl (C=O) groups is 4. The van der Waals surface area contributed by atoms with Crippen molar-refractivity contribution >= 4 is 39.5 Å². The summed E-state index contributed by atoms with van der Waals surface area (Å²) in [6.07, 6.45) is 51.4. The summed E-state index contributed by atoms with van der Waals surface area (Å²) in [6.45, 7) is 9.56. The van der Waals surface area contributed by atoms with Crippen molar-refractivity contribution < 1.29 is 80.2 Å². The van der Waals surface area contributed by atoms with Crippen molar-refractivity contribution in [2.24, 2.45) is 11.8 Å². The zero-order valence-corrected chi connectivity index (χ0v) is 61.6. The minimum absolute atomic E-state index is 0.105. The Kier molecular flexibility index (Phi) is 63.7. The number of hydrogen-bond acceptors (Lipinski definition) is 15. The standard InChI is InChI=1S/C73H142O17P2/c1-7-10-12-14-16-17-18-19-25-28-31-38-44-50-56-71(76)84-62-69(89-72(77)57-51-45-39-32-29-26-23-21-20-22-24-27-30-36-41-47-53-65(4)5)64-88-92(81,82)86-60-67(74)59-85-91(79,80)87-63-68(61-83-70(75)55-49-43-35-15-13-11-8-2)90-73(78)58-52-46-40-34-33-37-42-48-54-66(6)9-3/h65-69,74H,7-64H2,1-6H3,(H,79,80)(H,81,82)/t66?,67-,68+,69+/m0/s1. The number of esters is 4. The quantitative estimate of drug-likeness (QED) is 0.0222. The molecular formula is C73H142O17P2. The number of carbonyl (C=O) groups excluding carboxylic acids is 4. The molecule has 6 atom stereocenters. The summed E-state index contributed by atoms with van der Waals surface area (Å²) in [6, 6.07) is 0. The molecule has 0 bridgehead atoms. The molecule has 0 aliphatic heterocycles. The maximum Gasteiger partial charge on any atom is 0.472 e. The van der Waals surface area contributed by atoms with Crippen LogP contribution in [0.3, 0.4) is 0 Å². The van der Waals surface area contributed by atoms with Crippen LogP contribution in [0, 0.1) is 11.8 Å². The molecule has 546 valence electrons. The van der Waals surface area contributed by atoms with Crippen LogP contribution in [0.2, 0.25) is 0 Å². The van der Waals surface area contributed by atoms with Gasteiger partial charge in [-0.05, 0) is 37.5 Å². The summed E-state index contributed by atoms with van der Waals surface area (Å²) in [5, 5.41) is 10.6. The van der Waals surface area contributed by atoms with E-state index >= 15 is 0 Å². The van der Waals surface area contributed by atoms with Crippen molar-refractivity contribution in [1.29, 1.82) is 0 Å². The van der Waals surface area contributed by atoms with Crippen molar-refractivity contribution in [3.05, 3.63) is 0 Å². The van der Waals surface area contributed by atoms with Crippen molar-refractivity contribution in [1.82, 2.24) is 0 Å². The van der Waals surface area contributed by atoms with Gasteiger partial charge in [0.15, 0.2) is 12.2 Å². The first-order chi connectivity index (χ1) is 44.4. The van der Waals surface area contributed by atoms with E-state index in [2.05, 4.69) is 41.5 Å². The Labute approximate surface area is 562 Å². The molecule has 0 saturated heterocycles. The van der Waals surface area contributed by atoms with E-state index in [1.54, 1.807) is 0 Å². The highest BCUT2D eigenvalue weighted by Gasteiger charge is 2.30. The van der Waals surface area contributed by atoms with Crippen LogP contribution in [0.4, 0.5) is 0 Å². The van der Waals surface area contributed by atoms with Gasteiger partial charge in [0, 0.05) is 25.7 Å². The van der Waals surface area contributed by atoms with E-state index < -0.39 is 97.5 Å². The molecule has 19 heteroatoms. The number of aliphatic hydroxyl groups is 1. The van der Waals surface area contributed by atoms with Gasteiger partial charge < -0.3 is 33.8 Å². The van der Waals surface area contributed by atoms with Crippen molar-refractivity contribution in [2.45, 2.75) is 394 Å². The second kappa shape index (κ2) is 65.0. The van der Waals surface area contributed by atoms with Crippen molar-refractivity contribution in [3.8, 4) is 0 Å². The van der Waals surface area contributed by atoms with E-state index in [1.165, 1.54) is 180 Å². The topological polar surface area (TPSA) is 237 Å². The number of phosphoric ester groups is 2. The van der Waals surface area contributed by atoms with Gasteiger partial charge in [-0.15, -0.1) is 0 Å². The van der Waals surface area contributed by atoms with Gasteiger partial charge in [0.05, 0.1) is 26.4 Å². The van der Waals surface area contributed by atoms with E-state index in [1.807, 2.05) is 0 Å². The van der Waals surface area contributed by atoms with Crippen LogP contribution in [0.5, 0.6) is 0 Å². The third-order valence-corrected chi connectivity index (χ3v) is 19.2. The lowest BCUT2D eigenvalue weighted by Crippen LogP contribution is -2.30. The van der Waals surface area contributed by atoms with Crippen LogP contribution in [0.25, 0.3) is 0 Å². The van der Waals surface area contributed by atoms with E-state index in [0.717, 1.165) is 115 Å². The third-order valence-electron chi connectivity index (χ3n) is 17.3. The van der Waals surface area contributed by atoms with Crippen LogP contribution < -0.4 is 0 Å². The fourth-order valence-electron chi connectivity index (χ4n) is 11.1. The highest BCUT2D eigenvalue weighted by Crippen LogP contribution is 2.45. The number of rotatable bonds is 72. The Morgan fingerprint density at radius 1 is 0.315 bits per heavy atom.